The molecule has 0 aliphatic heterocycles. The van der Waals surface area contributed by atoms with Gasteiger partial charge in [-0.2, -0.15) is 0 Å². The molecule has 4 heteroatoms. The van der Waals surface area contributed by atoms with Crippen LogP contribution in [0.3, 0.4) is 0 Å². The van der Waals surface area contributed by atoms with Crippen LogP contribution in [0.4, 0.5) is 0 Å². The molecule has 18 heavy (non-hydrogen) atoms. The van der Waals surface area contributed by atoms with Crippen LogP contribution in [-0.4, -0.2) is 16.8 Å². The van der Waals surface area contributed by atoms with Crippen LogP contribution in [0.1, 0.15) is 30.6 Å². The highest BCUT2D eigenvalue weighted by Crippen LogP contribution is 2.22. The summed E-state index contributed by atoms with van der Waals surface area (Å²) >= 11 is 3.44. The third-order valence-electron chi connectivity index (χ3n) is 3.22. The quantitative estimate of drug-likeness (QED) is 0.874. The lowest BCUT2D eigenvalue weighted by Gasteiger charge is -2.27. The summed E-state index contributed by atoms with van der Waals surface area (Å²) in [5, 5.41) is 4.61. The molecule has 1 heterocycles. The van der Waals surface area contributed by atoms with Crippen LogP contribution in [0.5, 0.6) is 0 Å². The van der Waals surface area contributed by atoms with Crippen molar-refractivity contribution in [2.75, 3.05) is 5.33 Å². The van der Waals surface area contributed by atoms with Gasteiger partial charge in [0.25, 0.3) is 5.91 Å². The average Bonchev–Trinajstić information content (AvgIpc) is 2.82. The SMILES string of the molecule is CCC(C)(CBr)NC(=O)c1coc2ccccc12. The molecule has 1 aromatic carbocycles. The molecule has 0 saturated carbocycles. The number of fused-ring (bicyclic) bond motifs is 1. The van der Waals surface area contributed by atoms with E-state index in [1.165, 1.54) is 6.26 Å². The number of alkyl halides is 1. The number of para-hydroxylation sites is 1. The van der Waals surface area contributed by atoms with Gasteiger partial charge in [-0.3, -0.25) is 4.79 Å². The molecule has 3 nitrogen and oxygen atoms in total. The Labute approximate surface area is 115 Å². The number of rotatable bonds is 4. The molecule has 1 N–H and O–H groups in total. The first-order valence-electron chi connectivity index (χ1n) is 5.94. The Morgan fingerprint density at radius 1 is 1.44 bits per heavy atom. The maximum absolute atomic E-state index is 12.3. The number of amides is 1. The number of nitrogens with one attached hydrogen (secondary N) is 1. The summed E-state index contributed by atoms with van der Waals surface area (Å²) < 4.78 is 5.38. The molecule has 0 fully saturated rings. The summed E-state index contributed by atoms with van der Waals surface area (Å²) in [7, 11) is 0. The third-order valence-corrected chi connectivity index (χ3v) is 4.45. The van der Waals surface area contributed by atoms with Crippen LogP contribution in [0.15, 0.2) is 34.9 Å². The number of hydrogen-bond donors (Lipinski definition) is 1. The highest BCUT2D eigenvalue weighted by molar-refractivity contribution is 9.09. The zero-order valence-corrected chi connectivity index (χ0v) is 12.1. The minimum atomic E-state index is -0.241. The van der Waals surface area contributed by atoms with Gasteiger partial charge in [0.2, 0.25) is 0 Å². The van der Waals surface area contributed by atoms with Gasteiger partial charge in [-0.05, 0) is 19.4 Å². The van der Waals surface area contributed by atoms with Crippen molar-refractivity contribution >= 4 is 32.8 Å². The van der Waals surface area contributed by atoms with E-state index in [9.17, 15) is 4.79 Å². The van der Waals surface area contributed by atoms with Gasteiger partial charge < -0.3 is 9.73 Å². The van der Waals surface area contributed by atoms with Crippen molar-refractivity contribution in [2.45, 2.75) is 25.8 Å². The Morgan fingerprint density at radius 3 is 2.83 bits per heavy atom. The number of carbonyl (C=O) groups excluding carboxylic acids is 1. The standard InChI is InChI=1S/C14H16BrNO2/c1-3-14(2,9-15)16-13(17)11-8-18-12-7-5-4-6-10(11)12/h4-8H,3,9H2,1-2H3,(H,16,17). The van der Waals surface area contributed by atoms with E-state index in [2.05, 4.69) is 28.2 Å². The van der Waals surface area contributed by atoms with E-state index < -0.39 is 0 Å². The molecule has 0 saturated heterocycles. The van der Waals surface area contributed by atoms with E-state index in [4.69, 9.17) is 4.42 Å². The molecule has 1 atom stereocenters. The fraction of sp³-hybridized carbons (Fsp3) is 0.357. The van der Waals surface area contributed by atoms with Gasteiger partial charge in [0.15, 0.2) is 0 Å². The molecule has 0 radical (unpaired) electrons. The van der Waals surface area contributed by atoms with E-state index >= 15 is 0 Å². The summed E-state index contributed by atoms with van der Waals surface area (Å²) in [5.74, 6) is -0.0937. The Kier molecular flexibility index (Phi) is 3.76. The molecule has 0 aliphatic rings. The summed E-state index contributed by atoms with van der Waals surface area (Å²) in [6, 6.07) is 7.54. The first-order valence-corrected chi connectivity index (χ1v) is 7.06. The van der Waals surface area contributed by atoms with Crippen molar-refractivity contribution in [3.63, 3.8) is 0 Å². The highest BCUT2D eigenvalue weighted by Gasteiger charge is 2.25. The van der Waals surface area contributed by atoms with Gasteiger partial charge in [0, 0.05) is 16.3 Å². The normalized spacial score (nSPS) is 14.4. The molecule has 1 unspecified atom stereocenters. The summed E-state index contributed by atoms with van der Waals surface area (Å²) in [5.41, 5.74) is 1.08. The summed E-state index contributed by atoms with van der Waals surface area (Å²) in [4.78, 5) is 12.3. The second-order valence-corrected chi connectivity index (χ2v) is 5.21. The van der Waals surface area contributed by atoms with E-state index in [1.807, 2.05) is 31.2 Å². The molecular weight excluding hydrogens is 294 g/mol. The van der Waals surface area contributed by atoms with Crippen molar-refractivity contribution in [3.8, 4) is 0 Å². The highest BCUT2D eigenvalue weighted by atomic mass is 79.9. The smallest absolute Gasteiger partial charge is 0.255 e. The molecule has 1 aromatic heterocycles. The van der Waals surface area contributed by atoms with Crippen molar-refractivity contribution in [1.82, 2.24) is 5.32 Å². The Morgan fingerprint density at radius 2 is 2.17 bits per heavy atom. The van der Waals surface area contributed by atoms with Gasteiger partial charge >= 0.3 is 0 Å². The van der Waals surface area contributed by atoms with Crippen LogP contribution in [0, 0.1) is 0 Å². The van der Waals surface area contributed by atoms with E-state index in [1.54, 1.807) is 0 Å². The molecule has 96 valence electrons. The number of halogens is 1. The number of furan rings is 1. The molecule has 2 rings (SSSR count). The Hall–Kier alpha value is -1.29. The predicted molar refractivity (Wildman–Crippen MR) is 76.2 cm³/mol. The zero-order chi connectivity index (χ0) is 13.2. The Bertz CT molecular complexity index is 558. The number of carbonyl (C=O) groups is 1. The van der Waals surface area contributed by atoms with Gasteiger partial charge in [-0.15, -0.1) is 0 Å². The lowest BCUT2D eigenvalue weighted by Crippen LogP contribution is -2.46. The molecular formula is C14H16BrNO2. The molecule has 0 aliphatic carbocycles. The van der Waals surface area contributed by atoms with Crippen LogP contribution in [-0.2, 0) is 0 Å². The first kappa shape index (κ1) is 13.1. The molecule has 1 amide bonds. The van der Waals surface area contributed by atoms with Gasteiger partial charge in [-0.1, -0.05) is 41.1 Å². The minimum Gasteiger partial charge on any atom is -0.463 e. The van der Waals surface area contributed by atoms with Crippen LogP contribution >= 0.6 is 15.9 Å². The minimum absolute atomic E-state index is 0.0937. The zero-order valence-electron chi connectivity index (χ0n) is 10.5. The first-order chi connectivity index (χ1) is 8.59. The maximum atomic E-state index is 12.3. The average molecular weight is 310 g/mol. The fourth-order valence-corrected chi connectivity index (χ4v) is 2.25. The monoisotopic (exact) mass is 309 g/mol. The van der Waals surface area contributed by atoms with Gasteiger partial charge in [0.1, 0.15) is 11.8 Å². The van der Waals surface area contributed by atoms with Crippen molar-refractivity contribution in [3.05, 3.63) is 36.1 Å². The summed E-state index contributed by atoms with van der Waals surface area (Å²) in [6.07, 6.45) is 2.38. The van der Waals surface area contributed by atoms with Crippen LogP contribution < -0.4 is 5.32 Å². The molecule has 2 aromatic rings. The van der Waals surface area contributed by atoms with Crippen LogP contribution in [0.25, 0.3) is 11.0 Å². The number of benzene rings is 1. The van der Waals surface area contributed by atoms with Gasteiger partial charge in [-0.25, -0.2) is 0 Å². The lowest BCUT2D eigenvalue weighted by molar-refractivity contribution is 0.0914. The van der Waals surface area contributed by atoms with E-state index in [-0.39, 0.29) is 11.4 Å². The molecule has 0 bridgehead atoms. The fourth-order valence-electron chi connectivity index (χ4n) is 1.71. The lowest BCUT2D eigenvalue weighted by atomic mass is 10.0. The third kappa shape index (κ3) is 2.43. The Balaban J connectivity index is 2.29. The molecule has 0 spiro atoms. The topological polar surface area (TPSA) is 42.2 Å². The number of hydrogen-bond acceptors (Lipinski definition) is 2. The van der Waals surface area contributed by atoms with Crippen molar-refractivity contribution in [2.24, 2.45) is 0 Å². The van der Waals surface area contributed by atoms with E-state index in [0.29, 0.717) is 5.56 Å². The van der Waals surface area contributed by atoms with Crippen molar-refractivity contribution in [1.29, 1.82) is 0 Å². The van der Waals surface area contributed by atoms with Crippen LogP contribution in [0.2, 0.25) is 0 Å². The second kappa shape index (κ2) is 5.14. The predicted octanol–water partition coefficient (Wildman–Crippen LogP) is 3.73. The second-order valence-electron chi connectivity index (χ2n) is 4.65. The van der Waals surface area contributed by atoms with Crippen molar-refractivity contribution < 1.29 is 9.21 Å². The van der Waals surface area contributed by atoms with E-state index in [0.717, 1.165) is 22.7 Å². The van der Waals surface area contributed by atoms with Gasteiger partial charge in [0.05, 0.1) is 5.56 Å². The largest absolute Gasteiger partial charge is 0.463 e. The maximum Gasteiger partial charge on any atom is 0.255 e. The summed E-state index contributed by atoms with van der Waals surface area (Å²) in [6.45, 7) is 4.07.